The maximum absolute atomic E-state index is 3.67. The average Bonchev–Trinajstić information content (AvgIpc) is 3.10. The van der Waals surface area contributed by atoms with Crippen LogP contribution in [0, 0.1) is 5.92 Å². The number of hydrogen-bond donors (Lipinski definition) is 1. The summed E-state index contributed by atoms with van der Waals surface area (Å²) in [5, 5.41) is 5.91. The minimum atomic E-state index is 0.685. The highest BCUT2D eigenvalue weighted by atomic mass is 32.1. The molecule has 100 valence electrons. The molecule has 2 unspecified atom stereocenters. The SMILES string of the molecule is CC(CNC1CC1)C(C)N1CCc2sccc2C1. The standard InChI is InChI=1S/C15H24N2S/c1-11(9-16-14-3-4-14)12(2)17-7-5-15-13(10-17)6-8-18-15/h6,8,11-12,14,16H,3-5,7,9-10H2,1-2H3. The summed E-state index contributed by atoms with van der Waals surface area (Å²) in [5.74, 6) is 0.741. The summed E-state index contributed by atoms with van der Waals surface area (Å²) in [6.07, 6.45) is 4.03. The zero-order valence-electron chi connectivity index (χ0n) is 11.5. The van der Waals surface area contributed by atoms with Gasteiger partial charge < -0.3 is 5.32 Å². The summed E-state index contributed by atoms with van der Waals surface area (Å²) < 4.78 is 0. The highest BCUT2D eigenvalue weighted by molar-refractivity contribution is 7.10. The van der Waals surface area contributed by atoms with Gasteiger partial charge in [-0.1, -0.05) is 6.92 Å². The zero-order valence-corrected chi connectivity index (χ0v) is 12.3. The third-order valence-corrected chi connectivity index (χ3v) is 5.57. The van der Waals surface area contributed by atoms with Crippen LogP contribution in [0.25, 0.3) is 0 Å². The quantitative estimate of drug-likeness (QED) is 0.880. The summed E-state index contributed by atoms with van der Waals surface area (Å²) in [7, 11) is 0. The second kappa shape index (κ2) is 5.32. The second-order valence-electron chi connectivity index (χ2n) is 5.99. The lowest BCUT2D eigenvalue weighted by molar-refractivity contribution is 0.145. The van der Waals surface area contributed by atoms with Crippen molar-refractivity contribution in [1.82, 2.24) is 10.2 Å². The molecule has 1 fully saturated rings. The number of nitrogens with one attached hydrogen (secondary N) is 1. The summed E-state index contributed by atoms with van der Waals surface area (Å²) in [6, 6.07) is 3.83. The molecule has 2 heterocycles. The van der Waals surface area contributed by atoms with E-state index in [-0.39, 0.29) is 0 Å². The van der Waals surface area contributed by atoms with Gasteiger partial charge in [0.25, 0.3) is 0 Å². The Balaban J connectivity index is 1.54. The maximum Gasteiger partial charge on any atom is 0.0247 e. The molecule has 1 saturated carbocycles. The van der Waals surface area contributed by atoms with Gasteiger partial charge in [-0.3, -0.25) is 4.90 Å². The summed E-state index contributed by atoms with van der Waals surface area (Å²) in [6.45, 7) is 8.37. The number of fused-ring (bicyclic) bond motifs is 1. The molecular weight excluding hydrogens is 240 g/mol. The molecule has 0 saturated heterocycles. The van der Waals surface area contributed by atoms with E-state index < -0.39 is 0 Å². The van der Waals surface area contributed by atoms with Gasteiger partial charge in [0.2, 0.25) is 0 Å². The minimum absolute atomic E-state index is 0.685. The largest absolute Gasteiger partial charge is 0.314 e. The van der Waals surface area contributed by atoms with E-state index in [1.165, 1.54) is 32.4 Å². The van der Waals surface area contributed by atoms with Crippen molar-refractivity contribution in [1.29, 1.82) is 0 Å². The van der Waals surface area contributed by atoms with E-state index in [1.54, 1.807) is 10.4 Å². The highest BCUT2D eigenvalue weighted by Crippen LogP contribution is 2.27. The van der Waals surface area contributed by atoms with Gasteiger partial charge in [-0.25, -0.2) is 0 Å². The van der Waals surface area contributed by atoms with Crippen LogP contribution < -0.4 is 5.32 Å². The molecule has 0 spiro atoms. The minimum Gasteiger partial charge on any atom is -0.314 e. The van der Waals surface area contributed by atoms with Crippen molar-refractivity contribution in [3.63, 3.8) is 0 Å². The Morgan fingerprint density at radius 3 is 3.06 bits per heavy atom. The van der Waals surface area contributed by atoms with Crippen molar-refractivity contribution in [3.8, 4) is 0 Å². The fourth-order valence-corrected chi connectivity index (χ4v) is 3.68. The van der Waals surface area contributed by atoms with Crippen molar-refractivity contribution in [2.24, 2.45) is 5.92 Å². The molecule has 0 radical (unpaired) electrons. The van der Waals surface area contributed by atoms with Crippen LogP contribution in [0.4, 0.5) is 0 Å². The van der Waals surface area contributed by atoms with Crippen molar-refractivity contribution >= 4 is 11.3 Å². The van der Waals surface area contributed by atoms with Gasteiger partial charge in [0.15, 0.2) is 0 Å². The molecule has 1 aromatic heterocycles. The molecule has 1 aliphatic carbocycles. The lowest BCUT2D eigenvalue weighted by atomic mass is 9.99. The molecule has 1 aromatic rings. The molecule has 3 rings (SSSR count). The van der Waals surface area contributed by atoms with Crippen LogP contribution in [-0.4, -0.2) is 30.1 Å². The molecule has 2 atom stereocenters. The van der Waals surface area contributed by atoms with Gasteiger partial charge in [0, 0.05) is 30.1 Å². The van der Waals surface area contributed by atoms with E-state index in [0.29, 0.717) is 6.04 Å². The summed E-state index contributed by atoms with van der Waals surface area (Å²) in [4.78, 5) is 4.27. The third-order valence-electron chi connectivity index (χ3n) is 4.54. The molecule has 3 heteroatoms. The lowest BCUT2D eigenvalue weighted by Gasteiger charge is -2.36. The van der Waals surface area contributed by atoms with Crippen LogP contribution >= 0.6 is 11.3 Å². The molecule has 0 bridgehead atoms. The molecule has 18 heavy (non-hydrogen) atoms. The van der Waals surface area contributed by atoms with E-state index in [9.17, 15) is 0 Å². The van der Waals surface area contributed by atoms with Gasteiger partial charge in [-0.15, -0.1) is 11.3 Å². The fraction of sp³-hybridized carbons (Fsp3) is 0.733. The molecular formula is C15H24N2S. The Hall–Kier alpha value is -0.380. The third kappa shape index (κ3) is 2.79. The van der Waals surface area contributed by atoms with Gasteiger partial charge >= 0.3 is 0 Å². The van der Waals surface area contributed by atoms with Crippen LogP contribution in [0.1, 0.15) is 37.1 Å². The van der Waals surface area contributed by atoms with Gasteiger partial charge in [-0.2, -0.15) is 0 Å². The Kier molecular flexibility index (Phi) is 3.73. The smallest absolute Gasteiger partial charge is 0.0247 e. The lowest BCUT2D eigenvalue weighted by Crippen LogP contribution is -2.43. The van der Waals surface area contributed by atoms with E-state index in [0.717, 1.165) is 18.5 Å². The molecule has 1 aliphatic heterocycles. The Morgan fingerprint density at radius 2 is 2.28 bits per heavy atom. The van der Waals surface area contributed by atoms with E-state index in [2.05, 4.69) is 35.5 Å². The van der Waals surface area contributed by atoms with Crippen molar-refractivity contribution in [2.45, 2.75) is 51.7 Å². The predicted octanol–water partition coefficient (Wildman–Crippen LogP) is 2.88. The Bertz CT molecular complexity index is 397. The van der Waals surface area contributed by atoms with Crippen LogP contribution in [0.15, 0.2) is 11.4 Å². The summed E-state index contributed by atoms with van der Waals surface area (Å²) in [5.41, 5.74) is 1.57. The fourth-order valence-electron chi connectivity index (χ4n) is 2.79. The Labute approximate surface area is 114 Å². The van der Waals surface area contributed by atoms with Gasteiger partial charge in [0.1, 0.15) is 0 Å². The highest BCUT2D eigenvalue weighted by Gasteiger charge is 2.26. The van der Waals surface area contributed by atoms with Gasteiger partial charge in [0.05, 0.1) is 0 Å². The number of thiophene rings is 1. The van der Waals surface area contributed by atoms with E-state index in [4.69, 9.17) is 0 Å². The van der Waals surface area contributed by atoms with Crippen LogP contribution in [0.5, 0.6) is 0 Å². The van der Waals surface area contributed by atoms with Crippen molar-refractivity contribution in [2.75, 3.05) is 13.1 Å². The Morgan fingerprint density at radius 1 is 1.44 bits per heavy atom. The van der Waals surface area contributed by atoms with E-state index in [1.807, 2.05) is 11.3 Å². The second-order valence-corrected chi connectivity index (χ2v) is 6.99. The first-order chi connectivity index (χ1) is 8.74. The van der Waals surface area contributed by atoms with Crippen LogP contribution in [-0.2, 0) is 13.0 Å². The van der Waals surface area contributed by atoms with Crippen molar-refractivity contribution < 1.29 is 0 Å². The first-order valence-electron chi connectivity index (χ1n) is 7.26. The monoisotopic (exact) mass is 264 g/mol. The molecule has 0 aromatic carbocycles. The zero-order chi connectivity index (χ0) is 12.5. The summed E-state index contributed by atoms with van der Waals surface area (Å²) >= 11 is 1.93. The van der Waals surface area contributed by atoms with E-state index >= 15 is 0 Å². The normalized spacial score (nSPS) is 23.7. The van der Waals surface area contributed by atoms with Crippen LogP contribution in [0.2, 0.25) is 0 Å². The first-order valence-corrected chi connectivity index (χ1v) is 8.14. The number of hydrogen-bond acceptors (Lipinski definition) is 3. The molecule has 2 nitrogen and oxygen atoms in total. The molecule has 2 aliphatic rings. The number of nitrogens with zero attached hydrogens (tertiary/aromatic N) is 1. The molecule has 0 amide bonds. The maximum atomic E-state index is 3.67. The topological polar surface area (TPSA) is 15.3 Å². The van der Waals surface area contributed by atoms with Crippen LogP contribution in [0.3, 0.4) is 0 Å². The first kappa shape index (κ1) is 12.6. The molecule has 1 N–H and O–H groups in total. The predicted molar refractivity (Wildman–Crippen MR) is 78.1 cm³/mol. The number of rotatable bonds is 5. The van der Waals surface area contributed by atoms with Crippen molar-refractivity contribution in [3.05, 3.63) is 21.9 Å². The average molecular weight is 264 g/mol. The van der Waals surface area contributed by atoms with Gasteiger partial charge in [-0.05, 0) is 55.7 Å².